The number of benzene rings is 1. The maximum Gasteiger partial charge on any atom is 0.306 e. The van der Waals surface area contributed by atoms with Crippen molar-refractivity contribution in [1.29, 1.82) is 0 Å². The van der Waals surface area contributed by atoms with E-state index in [1.807, 2.05) is 12.1 Å². The second kappa shape index (κ2) is 8.32. The van der Waals surface area contributed by atoms with Gasteiger partial charge in [-0.05, 0) is 54.9 Å². The summed E-state index contributed by atoms with van der Waals surface area (Å²) in [5.74, 6) is 0.134. The summed E-state index contributed by atoms with van der Waals surface area (Å²) in [6.45, 7) is -0.194. The molecule has 1 saturated carbocycles. The molecule has 1 aromatic rings. The first-order valence-electron chi connectivity index (χ1n) is 9.28. The van der Waals surface area contributed by atoms with Gasteiger partial charge in [-0.25, -0.2) is 0 Å². The molecule has 0 atom stereocenters. The molecule has 1 N–H and O–H groups in total. The van der Waals surface area contributed by atoms with Crippen LogP contribution in [0.25, 0.3) is 0 Å². The molecule has 0 aromatic heterocycles. The summed E-state index contributed by atoms with van der Waals surface area (Å²) < 4.78 is 5.11. The predicted octanol–water partition coefficient (Wildman–Crippen LogP) is 4.02. The molecule has 130 valence electrons. The van der Waals surface area contributed by atoms with E-state index < -0.39 is 0 Å². The lowest BCUT2D eigenvalue weighted by atomic mass is 9.86. The predicted molar refractivity (Wildman–Crippen MR) is 93.9 cm³/mol. The number of amides is 1. The topological polar surface area (TPSA) is 55.4 Å². The number of aryl methyl sites for hydroxylation is 2. The van der Waals surface area contributed by atoms with E-state index >= 15 is 0 Å². The first-order chi connectivity index (χ1) is 11.7. The summed E-state index contributed by atoms with van der Waals surface area (Å²) in [5.41, 5.74) is 3.48. The molecule has 0 bridgehead atoms. The minimum Gasteiger partial charge on any atom is -0.456 e. The molecule has 1 fully saturated rings. The Morgan fingerprint density at radius 2 is 1.83 bits per heavy atom. The third-order valence-electron chi connectivity index (χ3n) is 5.23. The number of hydrogen-bond donors (Lipinski definition) is 1. The summed E-state index contributed by atoms with van der Waals surface area (Å²) in [7, 11) is 0. The molecule has 0 unspecified atom stereocenters. The Labute approximate surface area is 144 Å². The lowest BCUT2D eigenvalue weighted by Gasteiger charge is -2.20. The summed E-state index contributed by atoms with van der Waals surface area (Å²) in [6.07, 6.45) is 11.1. The van der Waals surface area contributed by atoms with Crippen molar-refractivity contribution in [2.75, 3.05) is 11.9 Å². The fourth-order valence-corrected chi connectivity index (χ4v) is 3.86. The van der Waals surface area contributed by atoms with Gasteiger partial charge < -0.3 is 10.1 Å². The smallest absolute Gasteiger partial charge is 0.306 e. The van der Waals surface area contributed by atoms with Crippen LogP contribution in [-0.2, 0) is 27.2 Å². The number of esters is 1. The molecule has 2 aliphatic carbocycles. The number of carbonyl (C=O) groups is 2. The zero-order valence-electron chi connectivity index (χ0n) is 14.3. The van der Waals surface area contributed by atoms with Gasteiger partial charge in [0.25, 0.3) is 5.91 Å². The van der Waals surface area contributed by atoms with E-state index in [1.165, 1.54) is 49.7 Å². The van der Waals surface area contributed by atoms with Crippen LogP contribution in [0.5, 0.6) is 0 Å². The van der Waals surface area contributed by atoms with E-state index in [0.29, 0.717) is 12.3 Å². The standard InChI is InChI=1S/C20H27NO3/c22-19(21-18-11-10-16-7-4-8-17(16)13-18)14-24-20(23)12-9-15-5-2-1-3-6-15/h10-11,13,15H,1-9,12,14H2,(H,21,22). The van der Waals surface area contributed by atoms with Gasteiger partial charge in [-0.3, -0.25) is 9.59 Å². The van der Waals surface area contributed by atoms with E-state index in [0.717, 1.165) is 24.9 Å². The van der Waals surface area contributed by atoms with Crippen molar-refractivity contribution in [3.8, 4) is 0 Å². The highest BCUT2D eigenvalue weighted by atomic mass is 16.5. The SMILES string of the molecule is O=C(COC(=O)CCC1CCCCC1)Nc1ccc2c(c1)CCC2. The van der Waals surface area contributed by atoms with Crippen LogP contribution in [0.2, 0.25) is 0 Å². The Bertz CT molecular complexity index is 591. The van der Waals surface area contributed by atoms with Crippen molar-refractivity contribution < 1.29 is 14.3 Å². The lowest BCUT2D eigenvalue weighted by Crippen LogP contribution is -2.21. The summed E-state index contributed by atoms with van der Waals surface area (Å²) in [6, 6.07) is 6.03. The molecule has 4 nitrogen and oxygen atoms in total. The fourth-order valence-electron chi connectivity index (χ4n) is 3.86. The largest absolute Gasteiger partial charge is 0.456 e. The van der Waals surface area contributed by atoms with Gasteiger partial charge in [0.05, 0.1) is 0 Å². The third kappa shape index (κ3) is 4.83. The summed E-state index contributed by atoms with van der Waals surface area (Å²) in [4.78, 5) is 23.7. The molecule has 3 rings (SSSR count). The maximum atomic E-state index is 11.9. The molecule has 24 heavy (non-hydrogen) atoms. The van der Waals surface area contributed by atoms with E-state index in [4.69, 9.17) is 4.74 Å². The van der Waals surface area contributed by atoms with Gasteiger partial charge >= 0.3 is 5.97 Å². The summed E-state index contributed by atoms with van der Waals surface area (Å²) >= 11 is 0. The molecule has 0 radical (unpaired) electrons. The average molecular weight is 329 g/mol. The highest BCUT2D eigenvalue weighted by Gasteiger charge is 2.16. The Kier molecular flexibility index (Phi) is 5.89. The van der Waals surface area contributed by atoms with Crippen LogP contribution in [0.3, 0.4) is 0 Å². The quantitative estimate of drug-likeness (QED) is 0.802. The molecule has 0 saturated heterocycles. The summed E-state index contributed by atoms with van der Waals surface area (Å²) in [5, 5.41) is 2.82. The Balaban J connectivity index is 1.36. The number of ether oxygens (including phenoxy) is 1. The van der Waals surface area contributed by atoms with E-state index in [1.54, 1.807) is 0 Å². The van der Waals surface area contributed by atoms with Crippen molar-refractivity contribution in [3.05, 3.63) is 29.3 Å². The minimum atomic E-state index is -0.265. The number of rotatable bonds is 6. The van der Waals surface area contributed by atoms with Crippen molar-refractivity contribution in [3.63, 3.8) is 0 Å². The number of hydrogen-bond acceptors (Lipinski definition) is 3. The number of anilines is 1. The molecule has 1 aromatic carbocycles. The van der Waals surface area contributed by atoms with Crippen LogP contribution in [0.15, 0.2) is 18.2 Å². The van der Waals surface area contributed by atoms with Crippen LogP contribution in [0.1, 0.15) is 62.5 Å². The van der Waals surface area contributed by atoms with Crippen molar-refractivity contribution in [1.82, 2.24) is 0 Å². The Hall–Kier alpha value is -1.84. The number of nitrogens with one attached hydrogen (secondary N) is 1. The zero-order valence-corrected chi connectivity index (χ0v) is 14.3. The highest BCUT2D eigenvalue weighted by Crippen LogP contribution is 2.27. The van der Waals surface area contributed by atoms with Crippen molar-refractivity contribution in [2.45, 2.75) is 64.2 Å². The Morgan fingerprint density at radius 1 is 1.04 bits per heavy atom. The number of fused-ring (bicyclic) bond motifs is 1. The second-order valence-corrected chi connectivity index (χ2v) is 7.09. The van der Waals surface area contributed by atoms with Crippen LogP contribution >= 0.6 is 0 Å². The number of carbonyl (C=O) groups excluding carboxylic acids is 2. The average Bonchev–Trinajstić information content (AvgIpc) is 3.07. The fraction of sp³-hybridized carbons (Fsp3) is 0.600. The van der Waals surface area contributed by atoms with Gasteiger partial charge in [0, 0.05) is 12.1 Å². The van der Waals surface area contributed by atoms with Gasteiger partial charge in [-0.15, -0.1) is 0 Å². The molecule has 0 aliphatic heterocycles. The molecule has 2 aliphatic rings. The first kappa shape index (κ1) is 17.0. The van der Waals surface area contributed by atoms with Crippen molar-refractivity contribution in [2.24, 2.45) is 5.92 Å². The maximum absolute atomic E-state index is 11.9. The highest BCUT2D eigenvalue weighted by molar-refractivity contribution is 5.92. The normalized spacial score (nSPS) is 17.3. The van der Waals surface area contributed by atoms with Gasteiger partial charge in [-0.1, -0.05) is 38.2 Å². The molecule has 1 amide bonds. The van der Waals surface area contributed by atoms with Crippen LogP contribution in [0.4, 0.5) is 5.69 Å². The molecule has 4 heteroatoms. The third-order valence-corrected chi connectivity index (χ3v) is 5.23. The second-order valence-electron chi connectivity index (χ2n) is 7.09. The van der Waals surface area contributed by atoms with Gasteiger partial charge in [-0.2, -0.15) is 0 Å². The van der Waals surface area contributed by atoms with Crippen LogP contribution < -0.4 is 5.32 Å². The van der Waals surface area contributed by atoms with Crippen LogP contribution in [0, 0.1) is 5.92 Å². The monoisotopic (exact) mass is 329 g/mol. The lowest BCUT2D eigenvalue weighted by molar-refractivity contribution is -0.147. The molecular formula is C20H27NO3. The Morgan fingerprint density at radius 3 is 2.67 bits per heavy atom. The van der Waals surface area contributed by atoms with E-state index in [-0.39, 0.29) is 18.5 Å². The molecule has 0 heterocycles. The molecule has 0 spiro atoms. The van der Waals surface area contributed by atoms with Crippen molar-refractivity contribution >= 4 is 17.6 Å². The first-order valence-corrected chi connectivity index (χ1v) is 9.28. The zero-order chi connectivity index (χ0) is 16.8. The molecular weight excluding hydrogens is 302 g/mol. The minimum absolute atomic E-state index is 0.194. The van der Waals surface area contributed by atoms with Gasteiger partial charge in [0.1, 0.15) is 0 Å². The van der Waals surface area contributed by atoms with E-state index in [9.17, 15) is 9.59 Å². The van der Waals surface area contributed by atoms with Gasteiger partial charge in [0.2, 0.25) is 0 Å². The van der Waals surface area contributed by atoms with E-state index in [2.05, 4.69) is 11.4 Å². The van der Waals surface area contributed by atoms with Crippen LogP contribution in [-0.4, -0.2) is 18.5 Å². The van der Waals surface area contributed by atoms with Gasteiger partial charge in [0.15, 0.2) is 6.61 Å².